The number of carbonyl (C=O) groups is 1. The van der Waals surface area contributed by atoms with E-state index in [1.165, 1.54) is 0 Å². The van der Waals surface area contributed by atoms with Gasteiger partial charge >= 0.3 is 0 Å². The van der Waals surface area contributed by atoms with Gasteiger partial charge in [0.1, 0.15) is 0 Å². The third-order valence-electron chi connectivity index (χ3n) is 2.61. The summed E-state index contributed by atoms with van der Waals surface area (Å²) < 4.78 is 3.02. The number of rotatable bonds is 4. The fourth-order valence-electron chi connectivity index (χ4n) is 1.75. The quantitative estimate of drug-likeness (QED) is 0.459. The van der Waals surface area contributed by atoms with E-state index < -0.39 is 0 Å². The average molecular weight is 467 g/mol. The minimum atomic E-state index is 0.225. The molecule has 1 aromatic carbocycles. The van der Waals surface area contributed by atoms with Gasteiger partial charge in [-0.25, -0.2) is 0 Å². The van der Waals surface area contributed by atoms with E-state index in [-0.39, 0.29) is 5.78 Å². The van der Waals surface area contributed by atoms with E-state index in [1.54, 1.807) is 11.3 Å². The van der Waals surface area contributed by atoms with Crippen molar-refractivity contribution in [1.29, 1.82) is 0 Å². The van der Waals surface area contributed by atoms with Gasteiger partial charge in [0.25, 0.3) is 0 Å². The summed E-state index contributed by atoms with van der Waals surface area (Å²) in [4.78, 5) is 13.8. The summed E-state index contributed by atoms with van der Waals surface area (Å²) in [7, 11) is 0. The monoisotopic (exact) mass is 464 g/mol. The Morgan fingerprint density at radius 1 is 1.16 bits per heavy atom. The van der Waals surface area contributed by atoms with Crippen LogP contribution in [0.3, 0.4) is 0 Å². The molecule has 0 bridgehead atoms. The van der Waals surface area contributed by atoms with Crippen LogP contribution in [0, 0.1) is 0 Å². The third kappa shape index (κ3) is 3.57. The molecule has 1 aromatic heterocycles. The Morgan fingerprint density at radius 3 is 2.37 bits per heavy atom. The number of Topliss-reactive ketones (excluding diaryl/α,β-unsaturated/α-hetero) is 1. The summed E-state index contributed by atoms with van der Waals surface area (Å²) in [5, 5.41) is 0. The van der Waals surface area contributed by atoms with Gasteiger partial charge in [0.2, 0.25) is 0 Å². The first-order chi connectivity index (χ1) is 9.02. The van der Waals surface area contributed by atoms with Crippen LogP contribution in [-0.4, -0.2) is 5.78 Å². The summed E-state index contributed by atoms with van der Waals surface area (Å²) >= 11 is 12.1. The molecule has 0 N–H and O–H groups in total. The molecule has 1 nitrogen and oxygen atoms in total. The molecule has 0 aliphatic carbocycles. The van der Waals surface area contributed by atoms with E-state index in [4.69, 9.17) is 0 Å². The highest BCUT2D eigenvalue weighted by molar-refractivity contribution is 9.11. The second kappa shape index (κ2) is 6.66. The lowest BCUT2D eigenvalue weighted by Gasteiger charge is -2.06. The van der Waals surface area contributed by atoms with Crippen molar-refractivity contribution < 1.29 is 4.79 Å². The van der Waals surface area contributed by atoms with Crippen LogP contribution in [0.5, 0.6) is 0 Å². The number of ketones is 1. The van der Waals surface area contributed by atoms with E-state index in [1.807, 2.05) is 31.2 Å². The van der Waals surface area contributed by atoms with Crippen LogP contribution in [0.2, 0.25) is 0 Å². The van der Waals surface area contributed by atoms with E-state index in [0.717, 1.165) is 35.2 Å². The van der Waals surface area contributed by atoms with Crippen molar-refractivity contribution >= 4 is 64.9 Å². The SMILES string of the molecule is CCCC(=O)c1ccc(-c2c(Br)cc(Br)cc2Br)s1. The predicted octanol–water partition coefficient (Wildman–Crippen LogP) is 6.69. The zero-order valence-corrected chi connectivity index (χ0v) is 15.7. The molecule has 0 aliphatic rings. The standard InChI is InChI=1S/C14H11Br3OS/c1-2-3-11(18)12-4-5-13(19-12)14-9(16)6-8(15)7-10(14)17/h4-7H,2-3H2,1H3. The molecule has 1 heterocycles. The normalized spacial score (nSPS) is 10.7. The van der Waals surface area contributed by atoms with Crippen LogP contribution < -0.4 is 0 Å². The van der Waals surface area contributed by atoms with E-state index in [9.17, 15) is 4.79 Å². The molecule has 0 spiro atoms. The lowest BCUT2D eigenvalue weighted by atomic mass is 10.2. The fourth-order valence-corrected chi connectivity index (χ4v) is 5.75. The Kier molecular flexibility index (Phi) is 5.40. The van der Waals surface area contributed by atoms with E-state index in [2.05, 4.69) is 47.8 Å². The molecule has 0 radical (unpaired) electrons. The van der Waals surface area contributed by atoms with Gasteiger partial charge < -0.3 is 0 Å². The van der Waals surface area contributed by atoms with Crippen molar-refractivity contribution in [3.63, 3.8) is 0 Å². The third-order valence-corrected chi connectivity index (χ3v) is 5.46. The number of hydrogen-bond acceptors (Lipinski definition) is 2. The van der Waals surface area contributed by atoms with Gasteiger partial charge in [-0.05, 0) is 30.7 Å². The first-order valence-corrected chi connectivity index (χ1v) is 9.00. The molecule has 2 rings (SSSR count). The molecular formula is C14H11Br3OS. The van der Waals surface area contributed by atoms with Gasteiger partial charge in [-0.3, -0.25) is 4.79 Å². The number of carbonyl (C=O) groups excluding carboxylic acids is 1. The summed E-state index contributed by atoms with van der Waals surface area (Å²) in [6, 6.07) is 7.94. The van der Waals surface area contributed by atoms with Gasteiger partial charge in [0.05, 0.1) is 4.88 Å². The van der Waals surface area contributed by atoms with E-state index in [0.29, 0.717) is 6.42 Å². The number of benzene rings is 1. The van der Waals surface area contributed by atoms with Crippen LogP contribution in [0.15, 0.2) is 37.7 Å². The summed E-state index contributed by atoms with van der Waals surface area (Å²) in [5.41, 5.74) is 1.09. The second-order valence-electron chi connectivity index (χ2n) is 4.08. The highest BCUT2D eigenvalue weighted by Crippen LogP contribution is 2.40. The molecule has 0 unspecified atom stereocenters. The molecule has 0 aliphatic heterocycles. The molecule has 5 heteroatoms. The fraction of sp³-hybridized carbons (Fsp3) is 0.214. The molecular weight excluding hydrogens is 456 g/mol. The predicted molar refractivity (Wildman–Crippen MR) is 92.1 cm³/mol. The number of hydrogen-bond donors (Lipinski definition) is 0. The second-order valence-corrected chi connectivity index (χ2v) is 7.79. The lowest BCUT2D eigenvalue weighted by molar-refractivity contribution is 0.0985. The van der Waals surface area contributed by atoms with Crippen molar-refractivity contribution in [2.45, 2.75) is 19.8 Å². The molecule has 0 atom stereocenters. The smallest absolute Gasteiger partial charge is 0.172 e. The highest BCUT2D eigenvalue weighted by atomic mass is 79.9. The molecule has 100 valence electrons. The van der Waals surface area contributed by atoms with Gasteiger partial charge in [-0.15, -0.1) is 11.3 Å². The van der Waals surface area contributed by atoms with Crippen molar-refractivity contribution in [1.82, 2.24) is 0 Å². The Hall–Kier alpha value is 0.0300. The largest absolute Gasteiger partial charge is 0.293 e. The van der Waals surface area contributed by atoms with Gasteiger partial charge in [0.15, 0.2) is 5.78 Å². The Bertz CT molecular complexity index is 596. The highest BCUT2D eigenvalue weighted by Gasteiger charge is 2.14. The van der Waals surface area contributed by atoms with Crippen molar-refractivity contribution in [2.24, 2.45) is 0 Å². The Balaban J connectivity index is 2.41. The number of thiophene rings is 1. The van der Waals surface area contributed by atoms with Gasteiger partial charge in [0, 0.05) is 30.3 Å². The molecule has 0 saturated heterocycles. The average Bonchev–Trinajstić information content (AvgIpc) is 2.77. The first kappa shape index (κ1) is 15.4. The van der Waals surface area contributed by atoms with Gasteiger partial charge in [-0.2, -0.15) is 0 Å². The van der Waals surface area contributed by atoms with Crippen LogP contribution in [0.1, 0.15) is 29.4 Å². The van der Waals surface area contributed by atoms with Crippen molar-refractivity contribution in [2.75, 3.05) is 0 Å². The maximum absolute atomic E-state index is 11.9. The molecule has 2 aromatic rings. The molecule has 19 heavy (non-hydrogen) atoms. The van der Waals surface area contributed by atoms with Crippen LogP contribution in [0.4, 0.5) is 0 Å². The first-order valence-electron chi connectivity index (χ1n) is 5.81. The zero-order chi connectivity index (χ0) is 14.0. The zero-order valence-electron chi connectivity index (χ0n) is 10.2. The summed E-state index contributed by atoms with van der Waals surface area (Å²) in [6.45, 7) is 2.02. The molecule has 0 fully saturated rings. The summed E-state index contributed by atoms with van der Waals surface area (Å²) in [5.74, 6) is 0.225. The van der Waals surface area contributed by atoms with Crippen LogP contribution in [0.25, 0.3) is 10.4 Å². The van der Waals surface area contributed by atoms with Crippen LogP contribution in [-0.2, 0) is 0 Å². The molecule has 0 amide bonds. The van der Waals surface area contributed by atoms with Gasteiger partial charge in [-0.1, -0.05) is 54.7 Å². The minimum absolute atomic E-state index is 0.225. The molecule has 0 saturated carbocycles. The number of halogens is 3. The van der Waals surface area contributed by atoms with Crippen molar-refractivity contribution in [3.8, 4) is 10.4 Å². The Labute approximate surface area is 141 Å². The minimum Gasteiger partial charge on any atom is -0.293 e. The van der Waals surface area contributed by atoms with Crippen molar-refractivity contribution in [3.05, 3.63) is 42.6 Å². The topological polar surface area (TPSA) is 17.1 Å². The maximum Gasteiger partial charge on any atom is 0.172 e. The van der Waals surface area contributed by atoms with E-state index >= 15 is 0 Å². The van der Waals surface area contributed by atoms with Crippen LogP contribution >= 0.6 is 59.1 Å². The Morgan fingerprint density at radius 2 is 1.79 bits per heavy atom. The summed E-state index contributed by atoms with van der Waals surface area (Å²) in [6.07, 6.45) is 1.50. The lowest BCUT2D eigenvalue weighted by Crippen LogP contribution is -1.93. The maximum atomic E-state index is 11.9.